The molecular formula is C15H23BrN2O3. The first kappa shape index (κ1) is 17.8. The molecule has 0 aliphatic rings. The normalized spacial score (nSPS) is 13.9. The van der Waals surface area contributed by atoms with Crippen molar-refractivity contribution in [3.05, 3.63) is 22.4 Å². The number of hydrogen-bond acceptors (Lipinski definition) is 3. The Morgan fingerprint density at radius 3 is 2.48 bits per heavy atom. The Balaban J connectivity index is 2.99. The number of aromatic nitrogens is 1. The van der Waals surface area contributed by atoms with Gasteiger partial charge < -0.3 is 14.6 Å². The van der Waals surface area contributed by atoms with Crippen molar-refractivity contribution in [2.24, 2.45) is 5.92 Å². The first-order valence-corrected chi connectivity index (χ1v) is 7.87. The predicted molar refractivity (Wildman–Crippen MR) is 85.2 cm³/mol. The fourth-order valence-corrected chi connectivity index (χ4v) is 2.50. The second-order valence-electron chi connectivity index (χ2n) is 5.40. The Kier molecular flexibility index (Phi) is 6.45. The molecule has 0 spiro atoms. The van der Waals surface area contributed by atoms with Crippen LogP contribution in [0.3, 0.4) is 0 Å². The Hall–Kier alpha value is -1.30. The van der Waals surface area contributed by atoms with Crippen LogP contribution in [0, 0.1) is 5.92 Å². The van der Waals surface area contributed by atoms with Crippen LogP contribution in [0.2, 0.25) is 0 Å². The van der Waals surface area contributed by atoms with Gasteiger partial charge in [-0.15, -0.1) is 0 Å². The van der Waals surface area contributed by atoms with Gasteiger partial charge in [-0.05, 0) is 41.8 Å². The minimum absolute atomic E-state index is 0.00676. The van der Waals surface area contributed by atoms with Crippen LogP contribution in [-0.2, 0) is 9.53 Å². The molecule has 0 bridgehead atoms. The highest BCUT2D eigenvalue weighted by atomic mass is 79.9. The molecule has 118 valence electrons. The molecule has 0 saturated heterocycles. The van der Waals surface area contributed by atoms with Crippen molar-refractivity contribution in [2.45, 2.75) is 46.2 Å². The van der Waals surface area contributed by atoms with Crippen molar-refractivity contribution >= 4 is 27.8 Å². The van der Waals surface area contributed by atoms with Crippen molar-refractivity contribution in [1.82, 2.24) is 9.88 Å². The van der Waals surface area contributed by atoms with E-state index in [9.17, 15) is 9.59 Å². The summed E-state index contributed by atoms with van der Waals surface area (Å²) < 4.78 is 7.48. The fraction of sp³-hybridized carbons (Fsp3) is 0.600. The van der Waals surface area contributed by atoms with E-state index in [1.807, 2.05) is 38.5 Å². The van der Waals surface area contributed by atoms with Gasteiger partial charge in [-0.1, -0.05) is 20.3 Å². The first-order chi connectivity index (χ1) is 9.81. The van der Waals surface area contributed by atoms with E-state index < -0.39 is 12.0 Å². The second kappa shape index (κ2) is 7.64. The summed E-state index contributed by atoms with van der Waals surface area (Å²) in [4.78, 5) is 24.3. The molecule has 1 N–H and O–H groups in total. The lowest BCUT2D eigenvalue weighted by Gasteiger charge is -2.22. The SMILES string of the molecule is CCC(C)C(NC(=O)c1cc(Br)cn1C(C)C)C(=O)OC. The average Bonchev–Trinajstić information content (AvgIpc) is 2.85. The first-order valence-electron chi connectivity index (χ1n) is 7.07. The van der Waals surface area contributed by atoms with E-state index in [-0.39, 0.29) is 17.9 Å². The number of nitrogens with zero attached hydrogens (tertiary/aromatic N) is 1. The summed E-state index contributed by atoms with van der Waals surface area (Å²) in [5.41, 5.74) is 0.522. The highest BCUT2D eigenvalue weighted by Gasteiger charge is 2.28. The van der Waals surface area contributed by atoms with Gasteiger partial charge in [0.1, 0.15) is 11.7 Å². The largest absolute Gasteiger partial charge is 0.467 e. The van der Waals surface area contributed by atoms with Gasteiger partial charge in [0.25, 0.3) is 5.91 Å². The molecule has 0 fully saturated rings. The molecule has 0 aromatic carbocycles. The summed E-state index contributed by atoms with van der Waals surface area (Å²) in [6.07, 6.45) is 2.63. The van der Waals surface area contributed by atoms with Crippen molar-refractivity contribution in [1.29, 1.82) is 0 Å². The van der Waals surface area contributed by atoms with Gasteiger partial charge in [0.05, 0.1) is 7.11 Å². The highest BCUT2D eigenvalue weighted by molar-refractivity contribution is 9.10. The number of hydrogen-bond donors (Lipinski definition) is 1. The Labute approximate surface area is 134 Å². The fourth-order valence-electron chi connectivity index (χ4n) is 2.07. The molecule has 21 heavy (non-hydrogen) atoms. The number of halogens is 1. The lowest BCUT2D eigenvalue weighted by Crippen LogP contribution is -2.46. The Bertz CT molecular complexity index is 511. The van der Waals surface area contributed by atoms with Crippen LogP contribution >= 0.6 is 15.9 Å². The lowest BCUT2D eigenvalue weighted by atomic mass is 9.99. The van der Waals surface area contributed by atoms with Gasteiger partial charge >= 0.3 is 5.97 Å². The van der Waals surface area contributed by atoms with Gasteiger partial charge in [-0.2, -0.15) is 0 Å². The van der Waals surface area contributed by atoms with E-state index in [0.29, 0.717) is 5.69 Å². The van der Waals surface area contributed by atoms with E-state index >= 15 is 0 Å². The van der Waals surface area contributed by atoms with Gasteiger partial charge in [0, 0.05) is 16.7 Å². The minimum Gasteiger partial charge on any atom is -0.467 e. The van der Waals surface area contributed by atoms with Crippen LogP contribution in [0.4, 0.5) is 0 Å². The number of amides is 1. The molecule has 1 aromatic rings. The molecule has 1 aromatic heterocycles. The van der Waals surface area contributed by atoms with Crippen molar-refractivity contribution in [3.63, 3.8) is 0 Å². The molecule has 0 saturated carbocycles. The number of esters is 1. The average molecular weight is 359 g/mol. The summed E-state index contributed by atoms with van der Waals surface area (Å²) in [7, 11) is 1.33. The van der Waals surface area contributed by atoms with Crippen molar-refractivity contribution < 1.29 is 14.3 Å². The lowest BCUT2D eigenvalue weighted by molar-refractivity contribution is -0.144. The second-order valence-corrected chi connectivity index (χ2v) is 6.32. The molecule has 0 radical (unpaired) electrons. The Morgan fingerprint density at radius 2 is 2.00 bits per heavy atom. The standard InChI is InChI=1S/C15H23BrN2O3/c1-6-10(4)13(15(20)21-5)17-14(19)12-7-11(16)8-18(12)9(2)3/h7-10,13H,6H2,1-5H3,(H,17,19). The van der Waals surface area contributed by atoms with Gasteiger partial charge in [0.2, 0.25) is 0 Å². The van der Waals surface area contributed by atoms with Crippen LogP contribution in [0.1, 0.15) is 50.6 Å². The maximum absolute atomic E-state index is 12.5. The number of methoxy groups -OCH3 is 1. The van der Waals surface area contributed by atoms with E-state index in [2.05, 4.69) is 21.2 Å². The molecule has 1 heterocycles. The third kappa shape index (κ3) is 4.33. The van der Waals surface area contributed by atoms with Crippen LogP contribution in [0.5, 0.6) is 0 Å². The summed E-state index contributed by atoms with van der Waals surface area (Å²) in [6.45, 7) is 7.88. The van der Waals surface area contributed by atoms with Crippen LogP contribution < -0.4 is 5.32 Å². The van der Waals surface area contributed by atoms with Gasteiger partial charge in [0.15, 0.2) is 0 Å². The number of carbonyl (C=O) groups is 2. The van der Waals surface area contributed by atoms with E-state index in [1.165, 1.54) is 7.11 Å². The molecule has 0 aliphatic carbocycles. The molecule has 1 amide bonds. The highest BCUT2D eigenvalue weighted by Crippen LogP contribution is 2.20. The molecule has 2 unspecified atom stereocenters. The van der Waals surface area contributed by atoms with Crippen molar-refractivity contribution in [2.75, 3.05) is 7.11 Å². The maximum atomic E-state index is 12.5. The van der Waals surface area contributed by atoms with Gasteiger partial charge in [-0.3, -0.25) is 4.79 Å². The maximum Gasteiger partial charge on any atom is 0.328 e. The van der Waals surface area contributed by atoms with Crippen molar-refractivity contribution in [3.8, 4) is 0 Å². The number of carbonyl (C=O) groups excluding carboxylic acids is 2. The monoisotopic (exact) mass is 358 g/mol. The third-order valence-corrected chi connectivity index (χ3v) is 3.99. The zero-order valence-electron chi connectivity index (χ0n) is 13.1. The van der Waals surface area contributed by atoms with Crippen LogP contribution in [-0.4, -0.2) is 29.6 Å². The van der Waals surface area contributed by atoms with E-state index in [4.69, 9.17) is 4.74 Å². The smallest absolute Gasteiger partial charge is 0.328 e. The molecule has 1 rings (SSSR count). The summed E-state index contributed by atoms with van der Waals surface area (Å²) in [5.74, 6) is -0.683. The number of rotatable bonds is 6. The summed E-state index contributed by atoms with van der Waals surface area (Å²) >= 11 is 3.38. The molecular weight excluding hydrogens is 336 g/mol. The third-order valence-electron chi connectivity index (χ3n) is 3.56. The summed E-state index contributed by atoms with van der Waals surface area (Å²) in [6, 6.07) is 1.26. The van der Waals surface area contributed by atoms with Crippen LogP contribution in [0.25, 0.3) is 0 Å². The zero-order valence-corrected chi connectivity index (χ0v) is 14.7. The summed E-state index contributed by atoms with van der Waals surface area (Å²) in [5, 5.41) is 2.79. The minimum atomic E-state index is -0.637. The van der Waals surface area contributed by atoms with Crippen LogP contribution in [0.15, 0.2) is 16.7 Å². The molecule has 0 aliphatic heterocycles. The topological polar surface area (TPSA) is 60.3 Å². The number of ether oxygens (including phenoxy) is 1. The Morgan fingerprint density at radius 1 is 1.38 bits per heavy atom. The van der Waals surface area contributed by atoms with E-state index in [0.717, 1.165) is 10.9 Å². The molecule has 6 heteroatoms. The van der Waals surface area contributed by atoms with Gasteiger partial charge in [-0.25, -0.2) is 4.79 Å². The molecule has 5 nitrogen and oxygen atoms in total. The number of nitrogens with one attached hydrogen (secondary N) is 1. The quantitative estimate of drug-likeness (QED) is 0.794. The molecule has 2 atom stereocenters. The predicted octanol–water partition coefficient (Wildman–Crippen LogP) is 3.15. The zero-order chi connectivity index (χ0) is 16.2. The van der Waals surface area contributed by atoms with E-state index in [1.54, 1.807) is 6.07 Å².